The first kappa shape index (κ1) is 16.9. The molecule has 3 rings (SSSR count). The molecule has 2 atom stereocenters. The Labute approximate surface area is 142 Å². The number of para-hydroxylation sites is 1. The summed E-state index contributed by atoms with van der Waals surface area (Å²) in [5, 5.41) is 1.17. The molecule has 0 bridgehead atoms. The predicted octanol–water partition coefficient (Wildman–Crippen LogP) is 2.43. The fraction of sp³-hybridized carbons (Fsp3) is 0.474. The van der Waals surface area contributed by atoms with Crippen LogP contribution in [0.2, 0.25) is 0 Å². The molecule has 1 aliphatic rings. The monoisotopic (exact) mass is 328 g/mol. The molecule has 5 heteroatoms. The maximum Gasteiger partial charge on any atom is 0.308 e. The molecular formula is C19H24N2O3. The predicted molar refractivity (Wildman–Crippen MR) is 92.9 cm³/mol. The molecule has 5 nitrogen and oxygen atoms in total. The standard InChI is InChI=1S/C19H24N2O3/c1-14(21-9-10-24-17(13-21)12-19(22)23-2)11-16-8-7-15-5-3-4-6-18(15)20-16/h3-8,14,17H,9-13H2,1-2H3/t14-,17-/m0/s1. The number of pyridine rings is 1. The van der Waals surface area contributed by atoms with Crippen LogP contribution in [0.5, 0.6) is 0 Å². The van der Waals surface area contributed by atoms with Crippen LogP contribution >= 0.6 is 0 Å². The van der Waals surface area contributed by atoms with Crippen molar-refractivity contribution in [3.63, 3.8) is 0 Å². The Hall–Kier alpha value is -1.98. The van der Waals surface area contributed by atoms with E-state index in [1.54, 1.807) is 0 Å². The van der Waals surface area contributed by atoms with E-state index in [0.717, 1.165) is 30.7 Å². The van der Waals surface area contributed by atoms with E-state index in [0.29, 0.717) is 19.1 Å². The van der Waals surface area contributed by atoms with Crippen molar-refractivity contribution in [3.8, 4) is 0 Å². The minimum atomic E-state index is -0.217. The number of aromatic nitrogens is 1. The minimum absolute atomic E-state index is 0.0850. The number of hydrogen-bond donors (Lipinski definition) is 0. The number of ether oxygens (including phenoxy) is 2. The molecule has 24 heavy (non-hydrogen) atoms. The lowest BCUT2D eigenvalue weighted by atomic mass is 10.1. The van der Waals surface area contributed by atoms with Gasteiger partial charge in [-0.15, -0.1) is 0 Å². The van der Waals surface area contributed by atoms with E-state index >= 15 is 0 Å². The number of fused-ring (bicyclic) bond motifs is 1. The van der Waals surface area contributed by atoms with Gasteiger partial charge in [0.25, 0.3) is 0 Å². The van der Waals surface area contributed by atoms with Gasteiger partial charge in [0.1, 0.15) is 0 Å². The number of hydrogen-bond acceptors (Lipinski definition) is 5. The van der Waals surface area contributed by atoms with Gasteiger partial charge in [0.15, 0.2) is 0 Å². The lowest BCUT2D eigenvalue weighted by Gasteiger charge is -2.36. The van der Waals surface area contributed by atoms with E-state index in [1.807, 2.05) is 18.2 Å². The molecular weight excluding hydrogens is 304 g/mol. The Morgan fingerprint density at radius 1 is 1.38 bits per heavy atom. The summed E-state index contributed by atoms with van der Waals surface area (Å²) in [5.74, 6) is -0.217. The van der Waals surface area contributed by atoms with Gasteiger partial charge in [-0.2, -0.15) is 0 Å². The summed E-state index contributed by atoms with van der Waals surface area (Å²) in [6, 6.07) is 12.8. The first-order valence-electron chi connectivity index (χ1n) is 8.43. The van der Waals surface area contributed by atoms with Crippen molar-refractivity contribution in [1.29, 1.82) is 0 Å². The average molecular weight is 328 g/mol. The lowest BCUT2D eigenvalue weighted by molar-refractivity contribution is -0.146. The Balaban J connectivity index is 1.62. The maximum atomic E-state index is 11.4. The zero-order valence-corrected chi connectivity index (χ0v) is 14.3. The van der Waals surface area contributed by atoms with Crippen molar-refractivity contribution in [1.82, 2.24) is 9.88 Å². The van der Waals surface area contributed by atoms with E-state index in [-0.39, 0.29) is 12.1 Å². The molecule has 0 spiro atoms. The molecule has 0 N–H and O–H groups in total. The molecule has 0 saturated carbocycles. The summed E-state index contributed by atoms with van der Waals surface area (Å²) in [7, 11) is 1.41. The van der Waals surface area contributed by atoms with Crippen LogP contribution in [0.3, 0.4) is 0 Å². The number of benzene rings is 1. The van der Waals surface area contributed by atoms with E-state index in [1.165, 1.54) is 12.5 Å². The summed E-state index contributed by atoms with van der Waals surface area (Å²) < 4.78 is 10.4. The van der Waals surface area contributed by atoms with Crippen molar-refractivity contribution in [2.75, 3.05) is 26.8 Å². The van der Waals surface area contributed by atoms with Crippen molar-refractivity contribution >= 4 is 16.9 Å². The van der Waals surface area contributed by atoms with Gasteiger partial charge >= 0.3 is 5.97 Å². The number of morpholine rings is 1. The van der Waals surface area contributed by atoms with Gasteiger partial charge in [-0.05, 0) is 19.1 Å². The third-order valence-corrected chi connectivity index (χ3v) is 4.58. The molecule has 0 radical (unpaired) electrons. The van der Waals surface area contributed by atoms with Crippen LogP contribution in [0.4, 0.5) is 0 Å². The highest BCUT2D eigenvalue weighted by molar-refractivity contribution is 5.78. The van der Waals surface area contributed by atoms with Gasteiger partial charge in [-0.1, -0.05) is 24.3 Å². The third kappa shape index (κ3) is 4.10. The third-order valence-electron chi connectivity index (χ3n) is 4.58. The van der Waals surface area contributed by atoms with Gasteiger partial charge in [-0.3, -0.25) is 14.7 Å². The molecule has 128 valence electrons. The molecule has 2 heterocycles. The highest BCUT2D eigenvalue weighted by Crippen LogP contribution is 2.17. The Morgan fingerprint density at radius 2 is 2.21 bits per heavy atom. The smallest absolute Gasteiger partial charge is 0.308 e. The Bertz CT molecular complexity index is 704. The molecule has 1 aromatic heterocycles. The van der Waals surface area contributed by atoms with Crippen molar-refractivity contribution < 1.29 is 14.3 Å². The number of carbonyl (C=O) groups excluding carboxylic acids is 1. The van der Waals surface area contributed by atoms with Crippen LogP contribution in [0.15, 0.2) is 36.4 Å². The average Bonchev–Trinajstić information content (AvgIpc) is 2.61. The second kappa shape index (κ2) is 7.73. The zero-order valence-electron chi connectivity index (χ0n) is 14.3. The zero-order chi connectivity index (χ0) is 16.9. The van der Waals surface area contributed by atoms with E-state index in [9.17, 15) is 4.79 Å². The van der Waals surface area contributed by atoms with Crippen LogP contribution < -0.4 is 0 Å². The fourth-order valence-electron chi connectivity index (χ4n) is 3.19. The van der Waals surface area contributed by atoms with Crippen molar-refractivity contribution in [2.45, 2.75) is 31.9 Å². The SMILES string of the molecule is COC(=O)C[C@H]1CN([C@@H](C)Cc2ccc3ccccc3n2)CCO1. The van der Waals surface area contributed by atoms with Crippen LogP contribution in [0.1, 0.15) is 19.0 Å². The Kier molecular flexibility index (Phi) is 5.43. The second-order valence-corrected chi connectivity index (χ2v) is 6.32. The number of carbonyl (C=O) groups is 1. The highest BCUT2D eigenvalue weighted by Gasteiger charge is 2.26. The number of nitrogens with zero attached hydrogens (tertiary/aromatic N) is 2. The molecule has 0 aliphatic carbocycles. The van der Waals surface area contributed by atoms with E-state index in [2.05, 4.69) is 30.0 Å². The largest absolute Gasteiger partial charge is 0.469 e. The summed E-state index contributed by atoms with van der Waals surface area (Å²) in [4.78, 5) is 18.6. The summed E-state index contributed by atoms with van der Waals surface area (Å²) in [6.45, 7) is 4.49. The van der Waals surface area contributed by atoms with Crippen LogP contribution in [0.25, 0.3) is 10.9 Å². The minimum Gasteiger partial charge on any atom is -0.469 e. The van der Waals surface area contributed by atoms with Gasteiger partial charge in [0.05, 0.1) is 31.8 Å². The van der Waals surface area contributed by atoms with E-state index < -0.39 is 0 Å². The van der Waals surface area contributed by atoms with Gasteiger partial charge in [-0.25, -0.2) is 0 Å². The summed E-state index contributed by atoms with van der Waals surface area (Å²) in [6.07, 6.45) is 1.11. The number of methoxy groups -OCH3 is 1. The molecule has 1 aromatic carbocycles. The Morgan fingerprint density at radius 3 is 3.04 bits per heavy atom. The van der Waals surface area contributed by atoms with Gasteiger partial charge in [0.2, 0.25) is 0 Å². The maximum absolute atomic E-state index is 11.4. The summed E-state index contributed by atoms with van der Waals surface area (Å²) >= 11 is 0. The van der Waals surface area contributed by atoms with Crippen LogP contribution in [-0.2, 0) is 20.7 Å². The number of rotatable bonds is 5. The first-order chi connectivity index (χ1) is 11.7. The van der Waals surface area contributed by atoms with Crippen LogP contribution in [0, 0.1) is 0 Å². The summed E-state index contributed by atoms with van der Waals surface area (Å²) in [5.41, 5.74) is 2.13. The van der Waals surface area contributed by atoms with Gasteiger partial charge in [0, 0.05) is 36.6 Å². The van der Waals surface area contributed by atoms with Crippen molar-refractivity contribution in [2.24, 2.45) is 0 Å². The van der Waals surface area contributed by atoms with Crippen LogP contribution in [-0.4, -0.2) is 54.8 Å². The topological polar surface area (TPSA) is 51.7 Å². The fourth-order valence-corrected chi connectivity index (χ4v) is 3.19. The lowest BCUT2D eigenvalue weighted by Crippen LogP contribution is -2.48. The van der Waals surface area contributed by atoms with E-state index in [4.69, 9.17) is 14.5 Å². The normalized spacial score (nSPS) is 20.0. The molecule has 1 saturated heterocycles. The van der Waals surface area contributed by atoms with Gasteiger partial charge < -0.3 is 9.47 Å². The molecule has 2 aromatic rings. The van der Waals surface area contributed by atoms with Crippen molar-refractivity contribution in [3.05, 3.63) is 42.1 Å². The molecule has 1 aliphatic heterocycles. The quantitative estimate of drug-likeness (QED) is 0.789. The first-order valence-corrected chi connectivity index (χ1v) is 8.43. The molecule has 0 unspecified atom stereocenters. The highest BCUT2D eigenvalue weighted by atomic mass is 16.5. The second-order valence-electron chi connectivity index (χ2n) is 6.32. The molecule has 0 amide bonds. The number of esters is 1. The molecule has 1 fully saturated rings.